The number of nitrogens with zero attached hydrogens (tertiary/aromatic N) is 3. The van der Waals surface area contributed by atoms with Gasteiger partial charge in [-0.2, -0.15) is 5.10 Å². The fourth-order valence-corrected chi connectivity index (χ4v) is 2.66. The van der Waals surface area contributed by atoms with Crippen LogP contribution in [-0.2, 0) is 16.6 Å². The van der Waals surface area contributed by atoms with Crippen molar-refractivity contribution < 1.29 is 9.59 Å². The van der Waals surface area contributed by atoms with Crippen LogP contribution in [0.25, 0.3) is 0 Å². The molecule has 1 N–H and O–H groups in total. The van der Waals surface area contributed by atoms with Crippen LogP contribution >= 0.6 is 0 Å². The highest BCUT2D eigenvalue weighted by Gasteiger charge is 2.47. The molecule has 21 heavy (non-hydrogen) atoms. The molecule has 2 heterocycles. The summed E-state index contributed by atoms with van der Waals surface area (Å²) < 4.78 is 1.64. The largest absolute Gasteiger partial charge is 0.342 e. The third-order valence-corrected chi connectivity index (χ3v) is 3.76. The van der Waals surface area contributed by atoms with Crippen LogP contribution in [0.5, 0.6) is 0 Å². The first-order valence-electron chi connectivity index (χ1n) is 7.26. The summed E-state index contributed by atoms with van der Waals surface area (Å²) in [4.78, 5) is 26.9. The molecule has 0 aromatic carbocycles. The number of rotatable bonds is 2. The SMILES string of the molecule is CC(C)C1C(=O)NC(C(C)(C)C)C(=O)N1c1ccn(C)n1. The monoisotopic (exact) mass is 292 g/mol. The number of hydrogen-bond donors (Lipinski definition) is 1. The molecule has 2 amide bonds. The zero-order valence-electron chi connectivity index (χ0n) is 13.5. The number of piperazine rings is 1. The van der Waals surface area contributed by atoms with Gasteiger partial charge in [-0.3, -0.25) is 19.2 Å². The van der Waals surface area contributed by atoms with Crippen LogP contribution in [-0.4, -0.2) is 33.7 Å². The van der Waals surface area contributed by atoms with E-state index in [1.54, 1.807) is 28.9 Å². The van der Waals surface area contributed by atoms with E-state index in [9.17, 15) is 9.59 Å². The molecular weight excluding hydrogens is 268 g/mol. The smallest absolute Gasteiger partial charge is 0.252 e. The maximum Gasteiger partial charge on any atom is 0.252 e. The van der Waals surface area contributed by atoms with Gasteiger partial charge in [-0.15, -0.1) is 0 Å². The highest BCUT2D eigenvalue weighted by Crippen LogP contribution is 2.30. The fraction of sp³-hybridized carbons (Fsp3) is 0.667. The Morgan fingerprint density at radius 1 is 1.29 bits per heavy atom. The van der Waals surface area contributed by atoms with Crippen LogP contribution in [0.4, 0.5) is 5.82 Å². The minimum atomic E-state index is -0.540. The third-order valence-electron chi connectivity index (χ3n) is 3.76. The molecule has 2 atom stereocenters. The van der Waals surface area contributed by atoms with Crippen LogP contribution in [0, 0.1) is 11.3 Å². The van der Waals surface area contributed by atoms with E-state index in [4.69, 9.17) is 0 Å². The van der Waals surface area contributed by atoms with Crippen molar-refractivity contribution in [3.05, 3.63) is 12.3 Å². The Kier molecular flexibility index (Phi) is 3.82. The summed E-state index contributed by atoms with van der Waals surface area (Å²) >= 11 is 0. The van der Waals surface area contributed by atoms with Crippen LogP contribution < -0.4 is 10.2 Å². The summed E-state index contributed by atoms with van der Waals surface area (Å²) in [6.07, 6.45) is 1.78. The van der Waals surface area contributed by atoms with Crippen molar-refractivity contribution in [1.82, 2.24) is 15.1 Å². The molecule has 1 saturated heterocycles. The Balaban J connectivity index is 2.47. The van der Waals surface area contributed by atoms with Crippen molar-refractivity contribution in [2.24, 2.45) is 18.4 Å². The molecule has 2 rings (SSSR count). The van der Waals surface area contributed by atoms with Gasteiger partial charge >= 0.3 is 0 Å². The molecule has 1 fully saturated rings. The van der Waals surface area contributed by atoms with Gasteiger partial charge in [0.05, 0.1) is 0 Å². The van der Waals surface area contributed by atoms with E-state index < -0.39 is 12.1 Å². The summed E-state index contributed by atoms with van der Waals surface area (Å²) in [5.74, 6) is 0.330. The van der Waals surface area contributed by atoms with E-state index in [1.807, 2.05) is 34.6 Å². The van der Waals surface area contributed by atoms with E-state index in [0.717, 1.165) is 0 Å². The van der Waals surface area contributed by atoms with Crippen molar-refractivity contribution in [3.63, 3.8) is 0 Å². The number of nitrogens with one attached hydrogen (secondary N) is 1. The van der Waals surface area contributed by atoms with E-state index in [1.165, 1.54) is 0 Å². The lowest BCUT2D eigenvalue weighted by Gasteiger charge is -2.43. The maximum absolute atomic E-state index is 12.9. The third kappa shape index (κ3) is 2.80. The van der Waals surface area contributed by atoms with Gasteiger partial charge < -0.3 is 5.32 Å². The van der Waals surface area contributed by atoms with E-state index in [-0.39, 0.29) is 23.1 Å². The number of carbonyl (C=O) groups excluding carboxylic acids is 2. The quantitative estimate of drug-likeness (QED) is 0.894. The molecule has 6 heteroatoms. The lowest BCUT2D eigenvalue weighted by molar-refractivity contribution is -0.137. The van der Waals surface area contributed by atoms with Gasteiger partial charge in [0.15, 0.2) is 5.82 Å². The standard InChI is InChI=1S/C15H24N4O2/c1-9(2)11-13(20)16-12(15(3,4)5)14(21)19(11)10-7-8-18(6)17-10/h7-9,11-12H,1-6H3,(H,16,20). The Bertz CT molecular complexity index is 556. The molecule has 2 unspecified atom stereocenters. The molecule has 1 aliphatic rings. The second-order valence-electron chi connectivity index (χ2n) is 7.05. The summed E-state index contributed by atoms with van der Waals surface area (Å²) in [6.45, 7) is 9.71. The topological polar surface area (TPSA) is 67.2 Å². The van der Waals surface area contributed by atoms with Crippen molar-refractivity contribution in [1.29, 1.82) is 0 Å². The molecule has 6 nitrogen and oxygen atoms in total. The molecule has 116 valence electrons. The fourth-order valence-electron chi connectivity index (χ4n) is 2.66. The number of carbonyl (C=O) groups is 2. The molecular formula is C15H24N4O2. The first-order valence-corrected chi connectivity index (χ1v) is 7.26. The number of amides is 2. The summed E-state index contributed by atoms with van der Waals surface area (Å²) in [7, 11) is 1.80. The molecule has 0 aliphatic carbocycles. The van der Waals surface area contributed by atoms with Crippen LogP contribution in [0.2, 0.25) is 0 Å². The van der Waals surface area contributed by atoms with Crippen LogP contribution in [0.3, 0.4) is 0 Å². The van der Waals surface area contributed by atoms with Crippen molar-refractivity contribution in [2.45, 2.75) is 46.7 Å². The molecule has 1 aromatic rings. The first-order chi connectivity index (χ1) is 9.62. The zero-order chi connectivity index (χ0) is 15.9. The minimum Gasteiger partial charge on any atom is -0.342 e. The lowest BCUT2D eigenvalue weighted by Crippen LogP contribution is -2.68. The van der Waals surface area contributed by atoms with Gasteiger partial charge in [0.2, 0.25) is 5.91 Å². The van der Waals surface area contributed by atoms with Crippen LogP contribution in [0.1, 0.15) is 34.6 Å². The second kappa shape index (κ2) is 5.16. The van der Waals surface area contributed by atoms with Gasteiger partial charge in [0, 0.05) is 19.3 Å². The van der Waals surface area contributed by atoms with Crippen molar-refractivity contribution >= 4 is 17.6 Å². The van der Waals surface area contributed by atoms with E-state index in [2.05, 4.69) is 10.4 Å². The number of aromatic nitrogens is 2. The van der Waals surface area contributed by atoms with Crippen molar-refractivity contribution in [2.75, 3.05) is 4.90 Å². The zero-order valence-corrected chi connectivity index (χ0v) is 13.5. The Labute approximate surface area is 125 Å². The predicted molar refractivity (Wildman–Crippen MR) is 80.7 cm³/mol. The molecule has 0 radical (unpaired) electrons. The van der Waals surface area contributed by atoms with Gasteiger partial charge in [0.25, 0.3) is 5.91 Å². The number of hydrogen-bond acceptors (Lipinski definition) is 3. The summed E-state index contributed by atoms with van der Waals surface area (Å²) in [5.41, 5.74) is -0.346. The highest BCUT2D eigenvalue weighted by molar-refractivity contribution is 6.08. The molecule has 1 aromatic heterocycles. The molecule has 1 aliphatic heterocycles. The number of anilines is 1. The summed E-state index contributed by atoms with van der Waals surface area (Å²) in [6, 6.07) is 0.707. The number of aryl methyl sites for hydroxylation is 1. The Morgan fingerprint density at radius 3 is 2.33 bits per heavy atom. The van der Waals surface area contributed by atoms with Gasteiger partial charge in [-0.25, -0.2) is 0 Å². The van der Waals surface area contributed by atoms with Gasteiger partial charge in [0.1, 0.15) is 12.1 Å². The molecule has 0 saturated carbocycles. The van der Waals surface area contributed by atoms with Gasteiger partial charge in [-0.1, -0.05) is 34.6 Å². The highest BCUT2D eigenvalue weighted by atomic mass is 16.2. The van der Waals surface area contributed by atoms with Gasteiger partial charge in [-0.05, 0) is 11.3 Å². The average molecular weight is 292 g/mol. The average Bonchev–Trinajstić information content (AvgIpc) is 2.75. The lowest BCUT2D eigenvalue weighted by atomic mass is 9.83. The molecule has 0 spiro atoms. The second-order valence-corrected chi connectivity index (χ2v) is 7.05. The van der Waals surface area contributed by atoms with E-state index >= 15 is 0 Å². The Hall–Kier alpha value is -1.85. The van der Waals surface area contributed by atoms with Crippen LogP contribution in [0.15, 0.2) is 12.3 Å². The first kappa shape index (κ1) is 15.5. The van der Waals surface area contributed by atoms with Crippen molar-refractivity contribution in [3.8, 4) is 0 Å². The van der Waals surface area contributed by atoms with E-state index in [0.29, 0.717) is 5.82 Å². The predicted octanol–water partition coefficient (Wildman–Crippen LogP) is 1.32. The minimum absolute atomic E-state index is 0.0110. The Morgan fingerprint density at radius 2 is 1.90 bits per heavy atom. The maximum atomic E-state index is 12.9. The molecule has 0 bridgehead atoms. The normalized spacial score (nSPS) is 23.7. The summed E-state index contributed by atoms with van der Waals surface area (Å²) in [5, 5.41) is 7.19.